The average Bonchev–Trinajstić information content (AvgIpc) is 3.18. The van der Waals surface area contributed by atoms with Gasteiger partial charge in [0.15, 0.2) is 6.61 Å². The second kappa shape index (κ2) is 11.6. The number of ether oxygens (including phenoxy) is 2. The summed E-state index contributed by atoms with van der Waals surface area (Å²) in [5.41, 5.74) is 3.40. The van der Waals surface area contributed by atoms with Crippen molar-refractivity contribution in [1.82, 2.24) is 0 Å². The lowest BCUT2D eigenvalue weighted by molar-refractivity contribution is -0.142. The maximum Gasteiger partial charge on any atom is 0.343 e. The molecule has 0 spiro atoms. The van der Waals surface area contributed by atoms with Gasteiger partial charge in [0.1, 0.15) is 10.8 Å². The molecule has 2 aromatic carbocycles. The number of hydrogen-bond donors (Lipinski definition) is 1. The lowest BCUT2D eigenvalue weighted by Gasteiger charge is -2.12. The van der Waals surface area contributed by atoms with Crippen molar-refractivity contribution in [3.05, 3.63) is 76.2 Å². The Labute approximate surface area is 203 Å². The van der Waals surface area contributed by atoms with Crippen molar-refractivity contribution in [2.45, 2.75) is 38.5 Å². The highest BCUT2D eigenvalue weighted by Crippen LogP contribution is 2.39. The minimum Gasteiger partial charge on any atom is -0.482 e. The number of amides is 1. The molecule has 0 fully saturated rings. The summed E-state index contributed by atoms with van der Waals surface area (Å²) in [5, 5.41) is 3.76. The van der Waals surface area contributed by atoms with Crippen molar-refractivity contribution in [1.29, 1.82) is 0 Å². The summed E-state index contributed by atoms with van der Waals surface area (Å²) in [6, 6.07) is 16.8. The highest BCUT2D eigenvalue weighted by molar-refractivity contribution is 7.16. The number of carbonyl (C=O) groups is 2. The van der Waals surface area contributed by atoms with E-state index in [0.717, 1.165) is 47.5 Å². The maximum absolute atomic E-state index is 13.4. The van der Waals surface area contributed by atoms with Crippen LogP contribution in [0.3, 0.4) is 0 Å². The van der Waals surface area contributed by atoms with Crippen LogP contribution in [0.15, 0.2) is 59.6 Å². The minimum absolute atomic E-state index is 0.119. The molecule has 7 heteroatoms. The second-order valence-electron chi connectivity index (χ2n) is 8.11. The zero-order valence-corrected chi connectivity index (χ0v) is 20.0. The molecule has 34 heavy (non-hydrogen) atoms. The van der Waals surface area contributed by atoms with Crippen LogP contribution in [0.1, 0.15) is 52.0 Å². The molecule has 1 aliphatic carbocycles. The van der Waals surface area contributed by atoms with Crippen molar-refractivity contribution >= 4 is 40.1 Å². The zero-order chi connectivity index (χ0) is 23.8. The molecular weight excluding hydrogens is 448 g/mol. The third-order valence-corrected chi connectivity index (χ3v) is 6.88. The third kappa shape index (κ3) is 6.11. The molecule has 176 valence electrons. The van der Waals surface area contributed by atoms with E-state index in [1.807, 2.05) is 42.5 Å². The van der Waals surface area contributed by atoms with Crippen LogP contribution >= 0.6 is 11.3 Å². The summed E-state index contributed by atoms with van der Waals surface area (Å²) in [4.78, 5) is 30.7. The topological polar surface area (TPSA) is 77.0 Å². The smallest absolute Gasteiger partial charge is 0.343 e. The fourth-order valence-corrected chi connectivity index (χ4v) is 5.19. The number of nitrogens with zero attached hydrogens (tertiary/aromatic N) is 1. The Hall–Kier alpha value is -3.45. The zero-order valence-electron chi connectivity index (χ0n) is 19.2. The number of nitrogens with one attached hydrogen (secondary N) is 1. The quantitative estimate of drug-likeness (QED) is 0.337. The lowest BCUT2D eigenvalue weighted by Crippen LogP contribution is -2.14. The summed E-state index contributed by atoms with van der Waals surface area (Å²) in [7, 11) is 1.32. The molecule has 0 bridgehead atoms. The monoisotopic (exact) mass is 476 g/mol. The molecule has 0 atom stereocenters. The SMILES string of the molecule is COC(=O)COc1cccc(C=Nc2sc3c(c2C(=O)Nc2ccccc2)CCCCCC3)c1. The molecule has 0 saturated heterocycles. The number of anilines is 1. The first kappa shape index (κ1) is 23.7. The first-order valence-corrected chi connectivity index (χ1v) is 12.3. The molecule has 0 radical (unpaired) electrons. The Morgan fingerprint density at radius 1 is 1.03 bits per heavy atom. The highest BCUT2D eigenvalue weighted by atomic mass is 32.1. The normalized spacial score (nSPS) is 13.6. The van der Waals surface area contributed by atoms with Crippen molar-refractivity contribution in [2.75, 3.05) is 19.0 Å². The van der Waals surface area contributed by atoms with Crippen LogP contribution in [-0.4, -0.2) is 31.8 Å². The number of thiophene rings is 1. The molecular formula is C27H28N2O4S. The Balaban J connectivity index is 1.62. The number of hydrogen-bond acceptors (Lipinski definition) is 6. The van der Waals surface area contributed by atoms with Crippen LogP contribution in [-0.2, 0) is 22.4 Å². The van der Waals surface area contributed by atoms with Gasteiger partial charge in [0, 0.05) is 16.8 Å². The predicted molar refractivity (Wildman–Crippen MR) is 136 cm³/mol. The van der Waals surface area contributed by atoms with E-state index in [9.17, 15) is 9.59 Å². The van der Waals surface area contributed by atoms with E-state index in [1.165, 1.54) is 24.8 Å². The van der Waals surface area contributed by atoms with Gasteiger partial charge >= 0.3 is 5.97 Å². The summed E-state index contributed by atoms with van der Waals surface area (Å²) < 4.78 is 10.1. The van der Waals surface area contributed by atoms with Gasteiger partial charge < -0.3 is 14.8 Å². The summed E-state index contributed by atoms with van der Waals surface area (Å²) in [5.74, 6) is -0.00873. The van der Waals surface area contributed by atoms with E-state index < -0.39 is 5.97 Å². The molecule has 0 saturated carbocycles. The summed E-state index contributed by atoms with van der Waals surface area (Å²) in [6.45, 7) is -0.154. The van der Waals surface area contributed by atoms with Gasteiger partial charge in [-0.1, -0.05) is 43.2 Å². The highest BCUT2D eigenvalue weighted by Gasteiger charge is 2.24. The standard InChI is InChI=1S/C27H28N2O4S/c1-32-24(30)18-33-21-13-9-10-19(16-21)17-28-27-25(26(31)29-20-11-5-4-6-12-20)22-14-7-2-3-8-15-23(22)34-27/h4-6,9-13,16-17H,2-3,7-8,14-15,18H2,1H3,(H,29,31). The Bertz CT molecular complexity index is 1170. The van der Waals surface area contributed by atoms with Gasteiger partial charge in [0.05, 0.1) is 12.7 Å². The minimum atomic E-state index is -0.441. The van der Waals surface area contributed by atoms with E-state index >= 15 is 0 Å². The van der Waals surface area contributed by atoms with E-state index in [-0.39, 0.29) is 12.5 Å². The van der Waals surface area contributed by atoms with Crippen LogP contribution in [0.25, 0.3) is 0 Å². The largest absolute Gasteiger partial charge is 0.482 e. The van der Waals surface area contributed by atoms with Crippen molar-refractivity contribution in [3.8, 4) is 5.75 Å². The van der Waals surface area contributed by atoms with Crippen molar-refractivity contribution in [3.63, 3.8) is 0 Å². The third-order valence-electron chi connectivity index (χ3n) is 5.68. The molecule has 0 aliphatic heterocycles. The molecule has 1 aliphatic rings. The molecule has 4 rings (SSSR count). The van der Waals surface area contributed by atoms with Crippen LogP contribution < -0.4 is 10.1 Å². The number of carbonyl (C=O) groups excluding carboxylic acids is 2. The van der Waals surface area contributed by atoms with E-state index in [0.29, 0.717) is 11.3 Å². The molecule has 1 heterocycles. The van der Waals surface area contributed by atoms with Crippen LogP contribution in [0.2, 0.25) is 0 Å². The number of fused-ring (bicyclic) bond motifs is 1. The van der Waals surface area contributed by atoms with Gasteiger partial charge in [0.2, 0.25) is 0 Å². The number of esters is 1. The number of para-hydroxylation sites is 1. The van der Waals surface area contributed by atoms with Gasteiger partial charge in [-0.05, 0) is 61.1 Å². The Kier molecular flexibility index (Phi) is 8.09. The number of benzene rings is 2. The van der Waals surface area contributed by atoms with Crippen LogP contribution in [0.5, 0.6) is 5.75 Å². The van der Waals surface area contributed by atoms with Gasteiger partial charge in [-0.3, -0.25) is 4.79 Å². The Morgan fingerprint density at radius 2 is 1.82 bits per heavy atom. The first-order chi connectivity index (χ1) is 16.6. The molecule has 1 amide bonds. The molecule has 3 aromatic rings. The predicted octanol–water partition coefficient (Wildman–Crippen LogP) is 5.96. The Morgan fingerprint density at radius 3 is 2.62 bits per heavy atom. The van der Waals surface area contributed by atoms with Crippen LogP contribution in [0, 0.1) is 0 Å². The van der Waals surface area contributed by atoms with Gasteiger partial charge in [0.25, 0.3) is 5.91 Å². The fourth-order valence-electron chi connectivity index (χ4n) is 3.96. The van der Waals surface area contributed by atoms with Gasteiger partial charge in [-0.25, -0.2) is 9.79 Å². The number of aryl methyl sites for hydroxylation is 1. The van der Waals surface area contributed by atoms with Gasteiger partial charge in [-0.15, -0.1) is 11.3 Å². The number of rotatable bonds is 7. The average molecular weight is 477 g/mol. The second-order valence-corrected chi connectivity index (χ2v) is 9.20. The van der Waals surface area contributed by atoms with Crippen molar-refractivity contribution < 1.29 is 19.1 Å². The van der Waals surface area contributed by atoms with Crippen LogP contribution in [0.4, 0.5) is 10.7 Å². The number of aliphatic imine (C=N–C) groups is 1. The summed E-state index contributed by atoms with van der Waals surface area (Å²) in [6.07, 6.45) is 8.25. The fraction of sp³-hybridized carbons (Fsp3) is 0.296. The summed E-state index contributed by atoms with van der Waals surface area (Å²) >= 11 is 1.61. The van der Waals surface area contributed by atoms with E-state index in [1.54, 1.807) is 29.7 Å². The van der Waals surface area contributed by atoms with Crippen molar-refractivity contribution in [2.24, 2.45) is 4.99 Å². The van der Waals surface area contributed by atoms with E-state index in [4.69, 9.17) is 9.73 Å². The maximum atomic E-state index is 13.4. The van der Waals surface area contributed by atoms with Gasteiger partial charge in [-0.2, -0.15) is 0 Å². The molecule has 1 aromatic heterocycles. The van der Waals surface area contributed by atoms with E-state index in [2.05, 4.69) is 10.1 Å². The molecule has 0 unspecified atom stereocenters. The molecule has 6 nitrogen and oxygen atoms in total. The lowest BCUT2D eigenvalue weighted by atomic mass is 9.96. The molecule has 1 N–H and O–H groups in total. The first-order valence-electron chi connectivity index (χ1n) is 11.5. The number of methoxy groups -OCH3 is 1.